The Hall–Kier alpha value is -3.23. The molecule has 0 unspecified atom stereocenters. The van der Waals surface area contributed by atoms with Gasteiger partial charge in [-0.3, -0.25) is 4.55 Å². The second-order valence-corrected chi connectivity index (χ2v) is 7.17. The van der Waals surface area contributed by atoms with Gasteiger partial charge in [-0.1, -0.05) is 103 Å². The SMILES string of the molecule is C(/C=C/c1ccccc1)=C\c1ccccc1.CCOCC.N.O=S(=O)(O)Oc1ccccc1. The van der Waals surface area contributed by atoms with Crippen molar-refractivity contribution in [1.82, 2.24) is 6.15 Å². The van der Waals surface area contributed by atoms with E-state index in [0.717, 1.165) is 13.2 Å². The predicted molar refractivity (Wildman–Crippen MR) is 137 cm³/mol. The quantitative estimate of drug-likeness (QED) is 0.301. The summed E-state index contributed by atoms with van der Waals surface area (Å²) >= 11 is 0. The van der Waals surface area contributed by atoms with Crippen LogP contribution in [0.15, 0.2) is 103 Å². The maximum atomic E-state index is 10.1. The average Bonchev–Trinajstić information content (AvgIpc) is 2.79. The highest BCUT2D eigenvalue weighted by molar-refractivity contribution is 7.81. The summed E-state index contributed by atoms with van der Waals surface area (Å²) in [5.74, 6) is 0.0926. The second-order valence-electron chi connectivity index (χ2n) is 6.15. The number of rotatable bonds is 7. The van der Waals surface area contributed by atoms with E-state index in [0.29, 0.717) is 0 Å². The summed E-state index contributed by atoms with van der Waals surface area (Å²) in [5.41, 5.74) is 2.44. The van der Waals surface area contributed by atoms with Gasteiger partial charge in [0.2, 0.25) is 0 Å². The highest BCUT2D eigenvalue weighted by Gasteiger charge is 2.04. The number of allylic oxidation sites excluding steroid dienone is 2. The van der Waals surface area contributed by atoms with Gasteiger partial charge in [0.25, 0.3) is 0 Å². The average molecular weight is 472 g/mol. The van der Waals surface area contributed by atoms with Crippen LogP contribution in [0, 0.1) is 0 Å². The highest BCUT2D eigenvalue weighted by atomic mass is 32.3. The molecule has 7 heteroatoms. The summed E-state index contributed by atoms with van der Waals surface area (Å²) < 4.78 is 37.5. The lowest BCUT2D eigenvalue weighted by atomic mass is 10.2. The Morgan fingerprint density at radius 3 is 1.36 bits per heavy atom. The summed E-state index contributed by atoms with van der Waals surface area (Å²) in [7, 11) is -4.38. The third-order valence-electron chi connectivity index (χ3n) is 3.64. The van der Waals surface area contributed by atoms with Crippen molar-refractivity contribution in [3.8, 4) is 5.75 Å². The Labute approximate surface area is 197 Å². The fraction of sp³-hybridized carbons (Fsp3) is 0.154. The van der Waals surface area contributed by atoms with E-state index in [1.807, 2.05) is 50.2 Å². The molecule has 178 valence electrons. The van der Waals surface area contributed by atoms with E-state index >= 15 is 0 Å². The standard InChI is InChI=1S/C16H14.C6H6O4S.C4H10O.H3N/c1-3-9-15(10-4-1)13-7-8-14-16-11-5-2-6-12-16;7-11(8,9)10-6-4-2-1-3-5-6;1-3-5-4-2;/h1-14H;1-5H,(H,7,8,9);3-4H2,1-2H3;1H3/b13-7+,14-8+;;;. The van der Waals surface area contributed by atoms with Gasteiger partial charge in [0.05, 0.1) is 0 Å². The van der Waals surface area contributed by atoms with Crippen molar-refractivity contribution in [1.29, 1.82) is 0 Å². The molecule has 3 rings (SSSR count). The topological polar surface area (TPSA) is 108 Å². The summed E-state index contributed by atoms with van der Waals surface area (Å²) in [6.07, 6.45) is 8.31. The Morgan fingerprint density at radius 1 is 0.697 bits per heavy atom. The molecule has 6 nitrogen and oxygen atoms in total. The number of para-hydroxylation sites is 1. The first-order valence-corrected chi connectivity index (χ1v) is 11.6. The maximum Gasteiger partial charge on any atom is 0.446 e. The fourth-order valence-electron chi connectivity index (χ4n) is 2.26. The monoisotopic (exact) mass is 471 g/mol. The molecule has 0 aliphatic heterocycles. The normalized spacial score (nSPS) is 10.4. The molecule has 0 radical (unpaired) electrons. The maximum absolute atomic E-state index is 10.1. The molecule has 33 heavy (non-hydrogen) atoms. The molecular formula is C26H33NO5S. The number of benzene rings is 3. The van der Waals surface area contributed by atoms with Crippen LogP contribution >= 0.6 is 0 Å². The smallest absolute Gasteiger partial charge is 0.382 e. The van der Waals surface area contributed by atoms with Crippen LogP contribution in [0.4, 0.5) is 0 Å². The largest absolute Gasteiger partial charge is 0.446 e. The van der Waals surface area contributed by atoms with Crippen LogP contribution in [-0.4, -0.2) is 26.2 Å². The minimum absolute atomic E-state index is 0. The van der Waals surface area contributed by atoms with Gasteiger partial charge in [0, 0.05) is 13.2 Å². The molecule has 0 amide bonds. The number of ether oxygens (including phenoxy) is 1. The van der Waals surface area contributed by atoms with Gasteiger partial charge < -0.3 is 15.1 Å². The van der Waals surface area contributed by atoms with E-state index < -0.39 is 10.4 Å². The van der Waals surface area contributed by atoms with E-state index in [-0.39, 0.29) is 11.9 Å². The van der Waals surface area contributed by atoms with E-state index in [4.69, 9.17) is 9.29 Å². The fourth-order valence-corrected chi connectivity index (χ4v) is 2.62. The van der Waals surface area contributed by atoms with Crippen molar-refractivity contribution < 1.29 is 21.9 Å². The van der Waals surface area contributed by atoms with Crippen molar-refractivity contribution in [2.24, 2.45) is 0 Å². The molecule has 3 aromatic rings. The molecule has 3 aromatic carbocycles. The zero-order valence-electron chi connectivity index (χ0n) is 19.1. The van der Waals surface area contributed by atoms with E-state index in [2.05, 4.69) is 52.8 Å². The molecule has 0 saturated carbocycles. The molecule has 0 heterocycles. The molecule has 0 fully saturated rings. The van der Waals surface area contributed by atoms with E-state index in [9.17, 15) is 8.42 Å². The van der Waals surface area contributed by atoms with Gasteiger partial charge in [-0.15, -0.1) is 0 Å². The molecular weight excluding hydrogens is 438 g/mol. The Morgan fingerprint density at radius 2 is 1.06 bits per heavy atom. The zero-order valence-corrected chi connectivity index (χ0v) is 19.9. The van der Waals surface area contributed by atoms with Gasteiger partial charge in [0.15, 0.2) is 0 Å². The molecule has 4 N–H and O–H groups in total. The number of hydrogen-bond acceptors (Lipinski definition) is 5. The number of hydrogen-bond donors (Lipinski definition) is 2. The van der Waals surface area contributed by atoms with Crippen LogP contribution in [0.5, 0.6) is 5.75 Å². The van der Waals surface area contributed by atoms with Crippen LogP contribution in [0.3, 0.4) is 0 Å². The lowest BCUT2D eigenvalue weighted by Crippen LogP contribution is -2.06. The highest BCUT2D eigenvalue weighted by Crippen LogP contribution is 2.09. The van der Waals surface area contributed by atoms with Gasteiger partial charge in [-0.25, -0.2) is 0 Å². The van der Waals surface area contributed by atoms with Crippen LogP contribution in [0.25, 0.3) is 12.2 Å². The van der Waals surface area contributed by atoms with Crippen molar-refractivity contribution in [2.45, 2.75) is 13.8 Å². The first-order chi connectivity index (χ1) is 15.4. The lowest BCUT2D eigenvalue weighted by Gasteiger charge is -1.98. The zero-order chi connectivity index (χ0) is 23.5. The Balaban J connectivity index is 0.000000526. The molecule has 0 saturated heterocycles. The van der Waals surface area contributed by atoms with Crippen LogP contribution in [0.2, 0.25) is 0 Å². The molecule has 0 atom stereocenters. The van der Waals surface area contributed by atoms with E-state index in [1.54, 1.807) is 18.2 Å². The van der Waals surface area contributed by atoms with E-state index in [1.165, 1.54) is 23.3 Å². The summed E-state index contributed by atoms with van der Waals surface area (Å²) in [5, 5.41) is 0. The molecule has 0 aliphatic carbocycles. The van der Waals surface area contributed by atoms with Crippen LogP contribution in [-0.2, 0) is 15.1 Å². The molecule has 0 spiro atoms. The second kappa shape index (κ2) is 18.4. The Bertz CT molecular complexity index is 957. The van der Waals surface area contributed by atoms with Crippen molar-refractivity contribution in [3.05, 3.63) is 114 Å². The van der Waals surface area contributed by atoms with Crippen molar-refractivity contribution in [2.75, 3.05) is 13.2 Å². The summed E-state index contributed by atoms with van der Waals surface area (Å²) in [4.78, 5) is 0. The molecule has 0 aromatic heterocycles. The summed E-state index contributed by atoms with van der Waals surface area (Å²) in [6.45, 7) is 5.67. The van der Waals surface area contributed by atoms with Gasteiger partial charge in [-0.2, -0.15) is 8.42 Å². The summed E-state index contributed by atoms with van der Waals surface area (Å²) in [6, 6.07) is 28.3. The first-order valence-electron chi connectivity index (χ1n) is 10.2. The predicted octanol–water partition coefficient (Wildman–Crippen LogP) is 6.49. The molecule has 0 aliphatic rings. The van der Waals surface area contributed by atoms with Gasteiger partial charge in [-0.05, 0) is 37.1 Å². The first kappa shape index (κ1) is 29.8. The molecule has 0 bridgehead atoms. The van der Waals surface area contributed by atoms with Crippen molar-refractivity contribution >= 4 is 22.6 Å². The minimum Gasteiger partial charge on any atom is -0.382 e. The van der Waals surface area contributed by atoms with Crippen LogP contribution in [0.1, 0.15) is 25.0 Å². The minimum atomic E-state index is -4.38. The van der Waals surface area contributed by atoms with Gasteiger partial charge >= 0.3 is 10.4 Å². The third-order valence-corrected chi connectivity index (χ3v) is 4.04. The van der Waals surface area contributed by atoms with Crippen LogP contribution < -0.4 is 10.3 Å². The van der Waals surface area contributed by atoms with Crippen molar-refractivity contribution in [3.63, 3.8) is 0 Å². The lowest BCUT2D eigenvalue weighted by molar-refractivity contribution is 0.162. The Kier molecular flexibility index (Phi) is 16.6. The van der Waals surface area contributed by atoms with Gasteiger partial charge in [0.1, 0.15) is 5.75 Å². The third kappa shape index (κ3) is 17.1.